The molecule has 5 atom stereocenters. The first-order chi connectivity index (χ1) is 16.6. The van der Waals surface area contributed by atoms with Gasteiger partial charge in [0.1, 0.15) is 24.2 Å². The first-order valence-electron chi connectivity index (χ1n) is 11.4. The topological polar surface area (TPSA) is 198 Å². The van der Waals surface area contributed by atoms with Crippen molar-refractivity contribution >= 4 is 34.6 Å². The molecule has 0 saturated carbocycles. The molecule has 1 aromatic carbocycles. The fourth-order valence-corrected chi connectivity index (χ4v) is 4.16. The number of likely N-dealkylation sites (tertiary alicyclic amines) is 1. The Bertz CT molecular complexity index is 1090. The smallest absolute Gasteiger partial charge is 0.328 e. The van der Waals surface area contributed by atoms with E-state index in [1.54, 1.807) is 6.20 Å². The van der Waals surface area contributed by atoms with Crippen LogP contribution >= 0.6 is 0 Å². The Labute approximate surface area is 201 Å². The number of carboxylic acids is 1. The number of hydrogen-bond acceptors (Lipinski definition) is 7. The first-order valence-corrected chi connectivity index (χ1v) is 11.4. The van der Waals surface area contributed by atoms with Crippen molar-refractivity contribution in [2.45, 2.75) is 56.5 Å². The number of nitrogens with two attached hydrogens (primary N) is 1. The maximum atomic E-state index is 13.6. The number of carbonyl (C=O) groups excluding carboxylic acids is 3. The van der Waals surface area contributed by atoms with Crippen molar-refractivity contribution < 1.29 is 34.5 Å². The molecule has 3 rings (SSSR count). The second-order valence-electron chi connectivity index (χ2n) is 8.66. The molecule has 1 aliphatic rings. The second kappa shape index (κ2) is 11.3. The number of fused-ring (bicyclic) bond motifs is 1. The van der Waals surface area contributed by atoms with Crippen LogP contribution in [-0.2, 0) is 25.6 Å². The predicted octanol–water partition coefficient (Wildman–Crippen LogP) is -1.54. The van der Waals surface area contributed by atoms with Crippen molar-refractivity contribution in [3.05, 3.63) is 36.0 Å². The zero-order valence-corrected chi connectivity index (χ0v) is 19.3. The molecule has 2 heterocycles. The molecule has 1 saturated heterocycles. The average Bonchev–Trinajstić information content (AvgIpc) is 3.48. The number of nitrogens with zero attached hydrogens (tertiary/aromatic N) is 1. The summed E-state index contributed by atoms with van der Waals surface area (Å²) in [6, 6.07) is 2.66. The summed E-state index contributed by atoms with van der Waals surface area (Å²) in [4.78, 5) is 54.6. The van der Waals surface area contributed by atoms with Crippen molar-refractivity contribution in [3.63, 3.8) is 0 Å². The van der Waals surface area contributed by atoms with Crippen molar-refractivity contribution in [2.24, 2.45) is 5.73 Å². The minimum atomic E-state index is -1.49. The Balaban J connectivity index is 1.85. The molecule has 5 unspecified atom stereocenters. The Morgan fingerprint density at radius 3 is 2.57 bits per heavy atom. The van der Waals surface area contributed by atoms with Gasteiger partial charge in [0.05, 0.1) is 12.7 Å². The number of para-hydroxylation sites is 1. The number of aromatic nitrogens is 1. The third-order valence-corrected chi connectivity index (χ3v) is 6.17. The Hall–Kier alpha value is -3.48. The van der Waals surface area contributed by atoms with E-state index >= 15 is 0 Å². The first kappa shape index (κ1) is 26.1. The van der Waals surface area contributed by atoms with E-state index in [-0.39, 0.29) is 13.0 Å². The summed E-state index contributed by atoms with van der Waals surface area (Å²) < 4.78 is 0. The minimum absolute atomic E-state index is 0.0976. The Morgan fingerprint density at radius 2 is 1.91 bits per heavy atom. The third kappa shape index (κ3) is 5.96. The predicted molar refractivity (Wildman–Crippen MR) is 125 cm³/mol. The summed E-state index contributed by atoms with van der Waals surface area (Å²) in [5.41, 5.74) is 7.37. The summed E-state index contributed by atoms with van der Waals surface area (Å²) in [6.45, 7) is 0.802. The summed E-state index contributed by atoms with van der Waals surface area (Å²) in [5.74, 6) is -3.34. The van der Waals surface area contributed by atoms with Gasteiger partial charge in [-0.1, -0.05) is 18.2 Å². The molecule has 1 aliphatic heterocycles. The maximum absolute atomic E-state index is 13.6. The fraction of sp³-hybridized carbons (Fsp3) is 0.478. The van der Waals surface area contributed by atoms with Crippen LogP contribution in [-0.4, -0.2) is 92.3 Å². The molecule has 3 amide bonds. The lowest BCUT2D eigenvalue weighted by molar-refractivity contribution is -0.145. The normalized spacial score (nSPS) is 19.1. The quantitative estimate of drug-likeness (QED) is 0.208. The minimum Gasteiger partial charge on any atom is -0.480 e. The Morgan fingerprint density at radius 1 is 1.20 bits per heavy atom. The van der Waals surface area contributed by atoms with E-state index < -0.39 is 60.6 Å². The number of rotatable bonds is 10. The van der Waals surface area contributed by atoms with E-state index in [1.807, 2.05) is 24.3 Å². The molecule has 0 aliphatic carbocycles. The van der Waals surface area contributed by atoms with Crippen LogP contribution in [0.4, 0.5) is 0 Å². The third-order valence-electron chi connectivity index (χ3n) is 6.17. The summed E-state index contributed by atoms with van der Waals surface area (Å²) in [6.07, 6.45) is 1.49. The number of amides is 3. The van der Waals surface area contributed by atoms with Crippen molar-refractivity contribution in [1.82, 2.24) is 20.5 Å². The molecule has 1 fully saturated rings. The van der Waals surface area contributed by atoms with Crippen LogP contribution in [0, 0.1) is 0 Å². The molecule has 35 heavy (non-hydrogen) atoms. The van der Waals surface area contributed by atoms with Gasteiger partial charge in [-0.2, -0.15) is 0 Å². The lowest BCUT2D eigenvalue weighted by Gasteiger charge is -2.30. The highest BCUT2D eigenvalue weighted by Gasteiger charge is 2.39. The molecule has 12 heteroatoms. The van der Waals surface area contributed by atoms with Gasteiger partial charge in [0, 0.05) is 30.1 Å². The van der Waals surface area contributed by atoms with Gasteiger partial charge >= 0.3 is 5.97 Å². The van der Waals surface area contributed by atoms with Gasteiger partial charge in [-0.15, -0.1) is 0 Å². The molecular weight excluding hydrogens is 458 g/mol. The molecule has 1 aromatic heterocycles. The standard InChI is InChI=1S/C23H31N5O7/c1-12(30)19(24)21(32)26-16(9-13-10-25-15-6-3-2-5-14(13)15)22(33)28-8-4-7-18(28)20(31)27-17(11-29)23(34)35/h2-3,5-6,10,12,16-19,25,29-30H,4,7-9,11,24H2,1H3,(H,26,32)(H,27,31)(H,34,35). The maximum Gasteiger partial charge on any atom is 0.328 e. The SMILES string of the molecule is CC(O)C(N)C(=O)NC(Cc1c[nH]c2ccccc12)C(=O)N1CCCC1C(=O)NC(CO)C(=O)O. The van der Waals surface area contributed by atoms with Crippen molar-refractivity contribution in [1.29, 1.82) is 0 Å². The van der Waals surface area contributed by atoms with Crippen LogP contribution in [0.5, 0.6) is 0 Å². The zero-order chi connectivity index (χ0) is 25.7. The molecule has 12 nitrogen and oxygen atoms in total. The van der Waals surface area contributed by atoms with E-state index in [9.17, 15) is 29.4 Å². The summed E-state index contributed by atoms with van der Waals surface area (Å²) in [5, 5.41) is 33.8. The lowest BCUT2D eigenvalue weighted by atomic mass is 10.0. The van der Waals surface area contributed by atoms with Gasteiger partial charge in [0.2, 0.25) is 17.7 Å². The fourth-order valence-electron chi connectivity index (χ4n) is 4.16. The monoisotopic (exact) mass is 489 g/mol. The lowest BCUT2D eigenvalue weighted by Crippen LogP contribution is -2.58. The van der Waals surface area contributed by atoms with Gasteiger partial charge in [0.25, 0.3) is 0 Å². The van der Waals surface area contributed by atoms with Crippen LogP contribution < -0.4 is 16.4 Å². The molecular formula is C23H31N5O7. The zero-order valence-electron chi connectivity index (χ0n) is 19.3. The number of aliphatic hydroxyl groups excluding tert-OH is 2. The molecule has 2 aromatic rings. The van der Waals surface area contributed by atoms with Crippen LogP contribution in [0.2, 0.25) is 0 Å². The summed E-state index contributed by atoms with van der Waals surface area (Å²) in [7, 11) is 0. The number of nitrogens with one attached hydrogen (secondary N) is 3. The van der Waals surface area contributed by atoms with Gasteiger partial charge in [-0.3, -0.25) is 14.4 Å². The second-order valence-corrected chi connectivity index (χ2v) is 8.66. The number of benzene rings is 1. The molecule has 190 valence electrons. The number of carboxylic acid groups (broad SMARTS) is 1. The molecule has 0 radical (unpaired) electrons. The van der Waals surface area contributed by atoms with Gasteiger partial charge in [0.15, 0.2) is 0 Å². The van der Waals surface area contributed by atoms with Crippen LogP contribution in [0.25, 0.3) is 10.9 Å². The van der Waals surface area contributed by atoms with Crippen LogP contribution in [0.1, 0.15) is 25.3 Å². The number of aliphatic carboxylic acids is 1. The van der Waals surface area contributed by atoms with E-state index in [1.165, 1.54) is 11.8 Å². The highest BCUT2D eigenvalue weighted by atomic mass is 16.4. The van der Waals surface area contributed by atoms with E-state index in [4.69, 9.17) is 10.8 Å². The summed E-state index contributed by atoms with van der Waals surface area (Å²) >= 11 is 0. The number of aromatic amines is 1. The van der Waals surface area contributed by atoms with Gasteiger partial charge in [-0.25, -0.2) is 4.79 Å². The van der Waals surface area contributed by atoms with E-state index in [2.05, 4.69) is 15.6 Å². The largest absolute Gasteiger partial charge is 0.480 e. The van der Waals surface area contributed by atoms with Crippen molar-refractivity contribution in [3.8, 4) is 0 Å². The average molecular weight is 490 g/mol. The van der Waals surface area contributed by atoms with E-state index in [0.717, 1.165) is 16.5 Å². The molecule has 8 N–H and O–H groups in total. The highest BCUT2D eigenvalue weighted by Crippen LogP contribution is 2.23. The van der Waals surface area contributed by atoms with Crippen molar-refractivity contribution in [2.75, 3.05) is 13.2 Å². The number of carbonyl (C=O) groups is 4. The van der Waals surface area contributed by atoms with Gasteiger partial charge in [-0.05, 0) is 31.4 Å². The Kier molecular flexibility index (Phi) is 8.43. The van der Waals surface area contributed by atoms with E-state index in [0.29, 0.717) is 12.8 Å². The number of aliphatic hydroxyl groups is 2. The number of hydrogen-bond donors (Lipinski definition) is 7. The molecule has 0 bridgehead atoms. The highest BCUT2D eigenvalue weighted by molar-refractivity contribution is 5.95. The number of H-pyrrole nitrogens is 1. The van der Waals surface area contributed by atoms with Crippen LogP contribution in [0.3, 0.4) is 0 Å². The van der Waals surface area contributed by atoms with Crippen LogP contribution in [0.15, 0.2) is 30.5 Å². The van der Waals surface area contributed by atoms with Gasteiger partial charge < -0.3 is 41.6 Å². The molecule has 0 spiro atoms.